The fraction of sp³-hybridized carbons (Fsp3) is 0.407. The topological polar surface area (TPSA) is 108 Å². The van der Waals surface area contributed by atoms with E-state index in [0.29, 0.717) is 55.5 Å². The highest BCUT2D eigenvalue weighted by Gasteiger charge is 2.37. The fourth-order valence-corrected chi connectivity index (χ4v) is 4.62. The van der Waals surface area contributed by atoms with Gasteiger partial charge in [0.25, 0.3) is 5.91 Å². The van der Waals surface area contributed by atoms with Crippen molar-refractivity contribution in [3.8, 4) is 5.75 Å². The Morgan fingerprint density at radius 1 is 1.03 bits per heavy atom. The van der Waals surface area contributed by atoms with E-state index in [2.05, 4.69) is 5.32 Å². The van der Waals surface area contributed by atoms with Gasteiger partial charge in [-0.25, -0.2) is 4.79 Å². The molecule has 2 fully saturated rings. The third-order valence-corrected chi connectivity index (χ3v) is 6.63. The zero-order chi connectivity index (χ0) is 26.5. The number of hydrogen-bond donors (Lipinski definition) is 1. The molecule has 2 aromatic rings. The van der Waals surface area contributed by atoms with Crippen molar-refractivity contribution in [2.24, 2.45) is 5.92 Å². The Balaban J connectivity index is 1.43. The summed E-state index contributed by atoms with van der Waals surface area (Å²) < 4.78 is 10.5. The highest BCUT2D eigenvalue weighted by molar-refractivity contribution is 6.07. The van der Waals surface area contributed by atoms with Gasteiger partial charge >= 0.3 is 6.09 Å². The number of aryl methyl sites for hydroxylation is 1. The number of rotatable bonds is 6. The molecule has 0 bridgehead atoms. The van der Waals surface area contributed by atoms with E-state index in [1.807, 2.05) is 19.1 Å². The molecule has 2 aromatic carbocycles. The summed E-state index contributed by atoms with van der Waals surface area (Å²) in [4.78, 5) is 56.0. The molecule has 10 nitrogen and oxygen atoms in total. The quantitative estimate of drug-likeness (QED) is 0.643. The van der Waals surface area contributed by atoms with Crippen LogP contribution in [0.1, 0.15) is 29.3 Å². The number of methoxy groups -OCH3 is 1. The van der Waals surface area contributed by atoms with Crippen LogP contribution in [0.3, 0.4) is 0 Å². The Hall–Kier alpha value is -4.08. The van der Waals surface area contributed by atoms with E-state index in [9.17, 15) is 19.2 Å². The number of ether oxygens (including phenoxy) is 2. The van der Waals surface area contributed by atoms with Crippen molar-refractivity contribution in [2.75, 3.05) is 56.7 Å². The van der Waals surface area contributed by atoms with Crippen LogP contribution in [0.2, 0.25) is 0 Å². The van der Waals surface area contributed by atoms with Gasteiger partial charge in [0.05, 0.1) is 36.6 Å². The van der Waals surface area contributed by atoms with Gasteiger partial charge in [0.15, 0.2) is 0 Å². The van der Waals surface area contributed by atoms with Crippen LogP contribution in [0.4, 0.5) is 16.2 Å². The van der Waals surface area contributed by atoms with Crippen LogP contribution in [-0.2, 0) is 14.3 Å². The Morgan fingerprint density at radius 2 is 1.73 bits per heavy atom. The third-order valence-electron chi connectivity index (χ3n) is 6.63. The maximum absolute atomic E-state index is 13.3. The van der Waals surface area contributed by atoms with Crippen molar-refractivity contribution in [3.05, 3.63) is 53.6 Å². The van der Waals surface area contributed by atoms with Crippen molar-refractivity contribution in [3.63, 3.8) is 0 Å². The lowest BCUT2D eigenvalue weighted by Crippen LogP contribution is -2.50. The van der Waals surface area contributed by atoms with E-state index in [0.717, 1.165) is 5.56 Å². The van der Waals surface area contributed by atoms with Gasteiger partial charge in [0.2, 0.25) is 11.8 Å². The zero-order valence-electron chi connectivity index (χ0n) is 21.4. The maximum Gasteiger partial charge on any atom is 0.409 e. The molecular weight excluding hydrogens is 476 g/mol. The van der Waals surface area contributed by atoms with Crippen LogP contribution in [0.15, 0.2) is 42.5 Å². The summed E-state index contributed by atoms with van der Waals surface area (Å²) in [6, 6.07) is 12.4. The van der Waals surface area contributed by atoms with Crippen molar-refractivity contribution >= 4 is 35.2 Å². The van der Waals surface area contributed by atoms with Crippen LogP contribution >= 0.6 is 0 Å². The predicted octanol–water partition coefficient (Wildman–Crippen LogP) is 2.91. The standard InChI is InChI=1S/C27H32N4O6/c1-4-37-27(35)30-13-11-29(12-14-30)26(34)20-7-5-6-8-21(20)28-25(33)19-16-24(32)31(17-19)22-15-18(2)9-10-23(22)36-3/h5-10,15,19H,4,11-14,16-17H2,1-3H3,(H,28,33). The normalized spacial score (nSPS) is 17.5. The largest absolute Gasteiger partial charge is 0.495 e. The number of nitrogens with one attached hydrogen (secondary N) is 1. The summed E-state index contributed by atoms with van der Waals surface area (Å²) >= 11 is 0. The molecule has 0 spiro atoms. The molecule has 2 aliphatic rings. The van der Waals surface area contributed by atoms with Gasteiger partial charge < -0.3 is 29.5 Å². The monoisotopic (exact) mass is 508 g/mol. The molecule has 37 heavy (non-hydrogen) atoms. The van der Waals surface area contributed by atoms with Crippen LogP contribution in [0, 0.1) is 12.8 Å². The molecule has 196 valence electrons. The number of benzene rings is 2. The number of hydrogen-bond acceptors (Lipinski definition) is 6. The minimum atomic E-state index is -0.575. The van der Waals surface area contributed by atoms with Gasteiger partial charge in [-0.1, -0.05) is 18.2 Å². The first kappa shape index (κ1) is 26.0. The number of para-hydroxylation sites is 1. The van der Waals surface area contributed by atoms with E-state index in [-0.39, 0.29) is 36.8 Å². The summed E-state index contributed by atoms with van der Waals surface area (Å²) in [6.45, 7) is 5.68. The third kappa shape index (κ3) is 5.68. The first-order valence-corrected chi connectivity index (χ1v) is 12.4. The Morgan fingerprint density at radius 3 is 2.43 bits per heavy atom. The Bertz CT molecular complexity index is 1190. The fourth-order valence-electron chi connectivity index (χ4n) is 4.62. The van der Waals surface area contributed by atoms with Gasteiger partial charge in [-0.2, -0.15) is 0 Å². The molecule has 0 saturated carbocycles. The SMILES string of the molecule is CCOC(=O)N1CCN(C(=O)c2ccccc2NC(=O)C2CC(=O)N(c3cc(C)ccc3OC)C2)CC1. The van der Waals surface area contributed by atoms with Gasteiger partial charge in [-0.15, -0.1) is 0 Å². The summed E-state index contributed by atoms with van der Waals surface area (Å²) in [6.07, 6.45) is -0.319. The molecule has 0 aromatic heterocycles. The second kappa shape index (κ2) is 11.3. The Labute approximate surface area is 216 Å². The number of piperazine rings is 1. The molecule has 2 saturated heterocycles. The van der Waals surface area contributed by atoms with Crippen LogP contribution in [-0.4, -0.2) is 80.1 Å². The molecule has 4 amide bonds. The number of carbonyl (C=O) groups is 4. The molecule has 4 rings (SSSR count). The summed E-state index contributed by atoms with van der Waals surface area (Å²) in [5.74, 6) is -0.719. The van der Waals surface area contributed by atoms with Crippen molar-refractivity contribution in [1.29, 1.82) is 0 Å². The maximum atomic E-state index is 13.3. The van der Waals surface area contributed by atoms with Crippen molar-refractivity contribution < 1.29 is 28.7 Å². The van der Waals surface area contributed by atoms with E-state index in [1.165, 1.54) is 0 Å². The first-order valence-electron chi connectivity index (χ1n) is 12.4. The smallest absolute Gasteiger partial charge is 0.409 e. The first-order chi connectivity index (χ1) is 17.8. The molecule has 2 aliphatic heterocycles. The van der Waals surface area contributed by atoms with E-state index in [4.69, 9.17) is 9.47 Å². The summed E-state index contributed by atoms with van der Waals surface area (Å²) in [5.41, 5.74) is 2.37. The van der Waals surface area contributed by atoms with Crippen molar-refractivity contribution in [1.82, 2.24) is 9.80 Å². The molecule has 1 unspecified atom stereocenters. The number of anilines is 2. The molecule has 10 heteroatoms. The number of carbonyl (C=O) groups excluding carboxylic acids is 4. The highest BCUT2D eigenvalue weighted by atomic mass is 16.6. The van der Waals surface area contributed by atoms with E-state index >= 15 is 0 Å². The minimum absolute atomic E-state index is 0.0643. The second-order valence-corrected chi connectivity index (χ2v) is 9.09. The van der Waals surface area contributed by atoms with Gasteiger partial charge in [0, 0.05) is 39.1 Å². The molecule has 2 heterocycles. The predicted molar refractivity (Wildman–Crippen MR) is 138 cm³/mol. The molecule has 0 aliphatic carbocycles. The van der Waals surface area contributed by atoms with Crippen LogP contribution in [0.5, 0.6) is 5.75 Å². The molecule has 0 radical (unpaired) electrons. The number of amides is 4. The lowest BCUT2D eigenvalue weighted by Gasteiger charge is -2.34. The lowest BCUT2D eigenvalue weighted by molar-refractivity contribution is -0.122. The van der Waals surface area contributed by atoms with E-state index in [1.54, 1.807) is 59.1 Å². The lowest BCUT2D eigenvalue weighted by atomic mass is 10.1. The highest BCUT2D eigenvalue weighted by Crippen LogP contribution is 2.34. The van der Waals surface area contributed by atoms with Gasteiger partial charge in [0.1, 0.15) is 5.75 Å². The summed E-state index contributed by atoms with van der Waals surface area (Å²) in [5, 5.41) is 2.87. The second-order valence-electron chi connectivity index (χ2n) is 9.09. The molecular formula is C27H32N4O6. The molecule has 1 N–H and O–H groups in total. The Kier molecular flexibility index (Phi) is 7.95. The number of nitrogens with zero attached hydrogens (tertiary/aromatic N) is 3. The van der Waals surface area contributed by atoms with Gasteiger partial charge in [-0.3, -0.25) is 14.4 Å². The molecule has 1 atom stereocenters. The zero-order valence-corrected chi connectivity index (χ0v) is 21.4. The van der Waals surface area contributed by atoms with Gasteiger partial charge in [-0.05, 0) is 43.7 Å². The van der Waals surface area contributed by atoms with E-state index < -0.39 is 5.92 Å². The minimum Gasteiger partial charge on any atom is -0.495 e. The van der Waals surface area contributed by atoms with Crippen LogP contribution < -0.4 is 15.0 Å². The van der Waals surface area contributed by atoms with Crippen LogP contribution in [0.25, 0.3) is 0 Å². The summed E-state index contributed by atoms with van der Waals surface area (Å²) in [7, 11) is 1.55. The average molecular weight is 509 g/mol. The average Bonchev–Trinajstić information content (AvgIpc) is 3.30. The van der Waals surface area contributed by atoms with Crippen molar-refractivity contribution in [2.45, 2.75) is 20.3 Å².